The first-order valence-corrected chi connectivity index (χ1v) is 8.56. The molecule has 22 heavy (non-hydrogen) atoms. The number of carbonyl (C=O) groups excluding carboxylic acids is 1. The fourth-order valence-electron chi connectivity index (χ4n) is 2.32. The van der Waals surface area contributed by atoms with Gasteiger partial charge in [-0.25, -0.2) is 4.98 Å². The quantitative estimate of drug-likeness (QED) is 0.789. The SMILES string of the molecule is Cc1ccc(-c2nc(C(=O)N(CC(C)C)CC(C)C)cs2)o1. The molecule has 0 fully saturated rings. The van der Waals surface area contributed by atoms with Gasteiger partial charge in [-0.2, -0.15) is 0 Å². The average molecular weight is 320 g/mol. The topological polar surface area (TPSA) is 46.3 Å². The van der Waals surface area contributed by atoms with Crippen molar-refractivity contribution in [1.29, 1.82) is 0 Å². The third kappa shape index (κ3) is 4.19. The Kier molecular flexibility index (Phi) is 5.40. The molecule has 0 aliphatic rings. The minimum absolute atomic E-state index is 0.00757. The lowest BCUT2D eigenvalue weighted by Crippen LogP contribution is -2.37. The molecule has 2 aromatic heterocycles. The molecule has 0 aliphatic carbocycles. The van der Waals surface area contributed by atoms with E-state index in [9.17, 15) is 4.79 Å². The molecule has 5 heteroatoms. The van der Waals surface area contributed by atoms with Crippen LogP contribution in [0.5, 0.6) is 0 Å². The highest BCUT2D eigenvalue weighted by atomic mass is 32.1. The number of amides is 1. The number of thiazole rings is 1. The van der Waals surface area contributed by atoms with E-state index in [1.807, 2.05) is 29.3 Å². The van der Waals surface area contributed by atoms with Gasteiger partial charge in [0.1, 0.15) is 11.5 Å². The summed E-state index contributed by atoms with van der Waals surface area (Å²) < 4.78 is 5.58. The van der Waals surface area contributed by atoms with Crippen molar-refractivity contribution in [2.75, 3.05) is 13.1 Å². The fraction of sp³-hybridized carbons (Fsp3) is 0.529. The Balaban J connectivity index is 2.18. The van der Waals surface area contributed by atoms with Gasteiger partial charge in [-0.05, 0) is 30.9 Å². The molecule has 0 spiro atoms. The Labute approximate surface area is 136 Å². The number of nitrogens with zero attached hydrogens (tertiary/aromatic N) is 2. The molecule has 1 amide bonds. The summed E-state index contributed by atoms with van der Waals surface area (Å²) in [6, 6.07) is 3.80. The monoisotopic (exact) mass is 320 g/mol. The van der Waals surface area contributed by atoms with E-state index in [1.54, 1.807) is 0 Å². The number of furan rings is 1. The molecule has 0 radical (unpaired) electrons. The summed E-state index contributed by atoms with van der Waals surface area (Å²) in [5, 5.41) is 2.58. The highest BCUT2D eigenvalue weighted by Crippen LogP contribution is 2.26. The minimum atomic E-state index is 0.00757. The van der Waals surface area contributed by atoms with Crippen LogP contribution in [0.1, 0.15) is 43.9 Å². The highest BCUT2D eigenvalue weighted by Gasteiger charge is 2.21. The summed E-state index contributed by atoms with van der Waals surface area (Å²) in [5.41, 5.74) is 0.510. The van der Waals surface area contributed by atoms with Gasteiger partial charge in [0.15, 0.2) is 10.8 Å². The number of aromatic nitrogens is 1. The molecule has 2 rings (SSSR count). The van der Waals surface area contributed by atoms with E-state index in [4.69, 9.17) is 4.42 Å². The standard InChI is InChI=1S/C17H24N2O2S/c1-11(2)8-19(9-12(3)4)17(20)14-10-22-16(18-14)15-7-6-13(5)21-15/h6-7,10-12H,8-9H2,1-5H3. The molecule has 0 saturated carbocycles. The van der Waals surface area contributed by atoms with E-state index >= 15 is 0 Å². The van der Waals surface area contributed by atoms with E-state index in [0.717, 1.165) is 29.6 Å². The maximum Gasteiger partial charge on any atom is 0.273 e. The van der Waals surface area contributed by atoms with Crippen LogP contribution in [0.4, 0.5) is 0 Å². The second-order valence-corrected chi connectivity index (χ2v) is 7.30. The van der Waals surface area contributed by atoms with Crippen molar-refractivity contribution in [3.05, 3.63) is 29.0 Å². The van der Waals surface area contributed by atoms with Crippen LogP contribution in [-0.4, -0.2) is 28.9 Å². The summed E-state index contributed by atoms with van der Waals surface area (Å²) in [4.78, 5) is 19.1. The van der Waals surface area contributed by atoms with Crippen molar-refractivity contribution < 1.29 is 9.21 Å². The summed E-state index contributed by atoms with van der Waals surface area (Å²) >= 11 is 1.45. The van der Waals surface area contributed by atoms with Crippen LogP contribution in [0.25, 0.3) is 10.8 Å². The van der Waals surface area contributed by atoms with Crippen molar-refractivity contribution in [3.63, 3.8) is 0 Å². The smallest absolute Gasteiger partial charge is 0.273 e. The molecule has 2 aromatic rings. The van der Waals surface area contributed by atoms with E-state index in [1.165, 1.54) is 11.3 Å². The lowest BCUT2D eigenvalue weighted by molar-refractivity contribution is 0.0710. The number of rotatable bonds is 6. The van der Waals surface area contributed by atoms with Gasteiger partial charge in [-0.15, -0.1) is 11.3 Å². The van der Waals surface area contributed by atoms with E-state index in [-0.39, 0.29) is 5.91 Å². The van der Waals surface area contributed by atoms with Crippen LogP contribution in [0.3, 0.4) is 0 Å². The summed E-state index contributed by atoms with van der Waals surface area (Å²) in [6.45, 7) is 11.9. The van der Waals surface area contributed by atoms with Crippen LogP contribution < -0.4 is 0 Å². The third-order valence-corrected chi connectivity index (χ3v) is 3.99. The molecular formula is C17H24N2O2S. The van der Waals surface area contributed by atoms with Gasteiger partial charge in [-0.3, -0.25) is 4.79 Å². The summed E-state index contributed by atoms with van der Waals surface area (Å²) in [5.74, 6) is 2.45. The molecule has 0 saturated heterocycles. The Hall–Kier alpha value is -1.62. The first kappa shape index (κ1) is 16.7. The first-order valence-electron chi connectivity index (χ1n) is 7.68. The Morgan fingerprint density at radius 1 is 1.23 bits per heavy atom. The van der Waals surface area contributed by atoms with Crippen molar-refractivity contribution in [2.45, 2.75) is 34.6 Å². The number of carbonyl (C=O) groups is 1. The molecule has 0 aromatic carbocycles. The molecule has 0 N–H and O–H groups in total. The van der Waals surface area contributed by atoms with E-state index in [2.05, 4.69) is 32.7 Å². The second kappa shape index (κ2) is 7.09. The zero-order valence-corrected chi connectivity index (χ0v) is 14.7. The highest BCUT2D eigenvalue weighted by molar-refractivity contribution is 7.13. The van der Waals surface area contributed by atoms with Gasteiger partial charge in [0.25, 0.3) is 5.91 Å². The lowest BCUT2D eigenvalue weighted by atomic mass is 10.1. The molecule has 0 unspecified atom stereocenters. The van der Waals surface area contributed by atoms with Gasteiger partial charge < -0.3 is 9.32 Å². The predicted octanol–water partition coefficient (Wildman–Crippen LogP) is 4.47. The first-order chi connectivity index (χ1) is 10.4. The van der Waals surface area contributed by atoms with Crippen molar-refractivity contribution >= 4 is 17.2 Å². The van der Waals surface area contributed by atoms with Crippen LogP contribution in [-0.2, 0) is 0 Å². The van der Waals surface area contributed by atoms with Gasteiger partial charge in [0, 0.05) is 18.5 Å². The van der Waals surface area contributed by atoms with E-state index < -0.39 is 0 Å². The van der Waals surface area contributed by atoms with Crippen molar-refractivity contribution in [1.82, 2.24) is 9.88 Å². The maximum absolute atomic E-state index is 12.7. The summed E-state index contributed by atoms with van der Waals surface area (Å²) in [6.07, 6.45) is 0. The minimum Gasteiger partial charge on any atom is -0.459 e. The molecular weight excluding hydrogens is 296 g/mol. The van der Waals surface area contributed by atoms with Gasteiger partial charge >= 0.3 is 0 Å². The van der Waals surface area contributed by atoms with Crippen molar-refractivity contribution in [3.8, 4) is 10.8 Å². The van der Waals surface area contributed by atoms with Crippen LogP contribution in [0, 0.1) is 18.8 Å². The average Bonchev–Trinajstić information content (AvgIpc) is 3.04. The third-order valence-electron chi connectivity index (χ3n) is 3.13. The predicted molar refractivity (Wildman–Crippen MR) is 90.1 cm³/mol. The largest absolute Gasteiger partial charge is 0.459 e. The zero-order chi connectivity index (χ0) is 16.3. The van der Waals surface area contributed by atoms with Crippen LogP contribution in [0.2, 0.25) is 0 Å². The van der Waals surface area contributed by atoms with Crippen molar-refractivity contribution in [2.24, 2.45) is 11.8 Å². The Morgan fingerprint density at radius 3 is 2.36 bits per heavy atom. The zero-order valence-electron chi connectivity index (χ0n) is 13.9. The molecule has 120 valence electrons. The number of hydrogen-bond acceptors (Lipinski definition) is 4. The summed E-state index contributed by atoms with van der Waals surface area (Å²) in [7, 11) is 0. The van der Waals surface area contributed by atoms with Gasteiger partial charge in [-0.1, -0.05) is 27.7 Å². The van der Waals surface area contributed by atoms with Gasteiger partial charge in [0.2, 0.25) is 0 Å². The fourth-order valence-corrected chi connectivity index (χ4v) is 3.07. The lowest BCUT2D eigenvalue weighted by Gasteiger charge is -2.25. The van der Waals surface area contributed by atoms with Crippen LogP contribution in [0.15, 0.2) is 21.9 Å². The van der Waals surface area contributed by atoms with Gasteiger partial charge in [0.05, 0.1) is 0 Å². The molecule has 4 nitrogen and oxygen atoms in total. The normalized spacial score (nSPS) is 11.4. The number of hydrogen-bond donors (Lipinski definition) is 0. The van der Waals surface area contributed by atoms with Crippen LogP contribution >= 0.6 is 11.3 Å². The molecule has 0 bridgehead atoms. The number of aryl methyl sites for hydroxylation is 1. The molecule has 0 atom stereocenters. The maximum atomic E-state index is 12.7. The molecule has 2 heterocycles. The Bertz CT molecular complexity index is 618. The Morgan fingerprint density at radius 2 is 1.86 bits per heavy atom. The molecule has 0 aliphatic heterocycles. The second-order valence-electron chi connectivity index (χ2n) is 6.45. The van der Waals surface area contributed by atoms with E-state index in [0.29, 0.717) is 17.5 Å².